The molecular weight excluding hydrogens is 699 g/mol. The van der Waals surface area contributed by atoms with Crippen LogP contribution in [0.4, 0.5) is 0 Å². The molecule has 0 saturated heterocycles. The maximum atomic E-state index is 5.68. The lowest BCUT2D eigenvalue weighted by atomic mass is 9.92. The first kappa shape index (κ1) is 31.5. The first-order valence-electron chi connectivity index (χ1n) is 19.2. The van der Waals surface area contributed by atoms with E-state index in [4.69, 9.17) is 9.97 Å². The average Bonchev–Trinajstić information content (AvgIpc) is 3.78. The fraction of sp³-hybridized carbons (Fsp3) is 0.0385. The van der Waals surface area contributed by atoms with E-state index in [1.165, 1.54) is 74.7 Å². The minimum Gasteiger partial charge on any atom is -0.278 e. The number of para-hydroxylation sites is 1. The van der Waals surface area contributed by atoms with Crippen LogP contribution in [0.15, 0.2) is 164 Å². The molecule has 12 rings (SSSR count). The summed E-state index contributed by atoms with van der Waals surface area (Å²) in [5.41, 5.74) is 10.2. The van der Waals surface area contributed by atoms with Crippen LogP contribution in [0.5, 0.6) is 0 Å². The second kappa shape index (κ2) is 11.8. The van der Waals surface area contributed by atoms with Crippen LogP contribution in [-0.2, 0) is 0 Å². The molecule has 0 aliphatic rings. The zero-order chi connectivity index (χ0) is 37.1. The van der Waals surface area contributed by atoms with Gasteiger partial charge in [0.25, 0.3) is 0 Å². The molecule has 262 valence electrons. The summed E-state index contributed by atoms with van der Waals surface area (Å²) < 4.78 is 4.87. The van der Waals surface area contributed by atoms with Gasteiger partial charge >= 0.3 is 0 Å². The van der Waals surface area contributed by atoms with E-state index in [0.717, 1.165) is 44.0 Å². The topological polar surface area (TPSA) is 30.7 Å². The molecule has 0 aliphatic carbocycles. The summed E-state index contributed by atoms with van der Waals surface area (Å²) in [7, 11) is 0. The Hall–Kier alpha value is -6.88. The monoisotopic (exact) mass is 731 g/mol. The van der Waals surface area contributed by atoms with Gasteiger partial charge < -0.3 is 0 Å². The van der Waals surface area contributed by atoms with Crippen molar-refractivity contribution >= 4 is 96.5 Å². The second-order valence-corrected chi connectivity index (χ2v) is 16.1. The molecule has 0 amide bonds. The van der Waals surface area contributed by atoms with Gasteiger partial charge in [0.15, 0.2) is 0 Å². The first-order valence-corrected chi connectivity index (χ1v) is 20.0. The molecule has 0 unspecified atom stereocenters. The van der Waals surface area contributed by atoms with Crippen molar-refractivity contribution < 1.29 is 0 Å². The summed E-state index contributed by atoms with van der Waals surface area (Å²) in [4.78, 5) is 11.3. The molecule has 4 heteroatoms. The van der Waals surface area contributed by atoms with Crippen molar-refractivity contribution in [1.82, 2.24) is 14.5 Å². The molecule has 56 heavy (non-hydrogen) atoms. The highest BCUT2D eigenvalue weighted by Gasteiger charge is 2.22. The van der Waals surface area contributed by atoms with Gasteiger partial charge in [-0.2, -0.15) is 0 Å². The van der Waals surface area contributed by atoms with E-state index in [9.17, 15) is 0 Å². The predicted molar refractivity (Wildman–Crippen MR) is 240 cm³/mol. The summed E-state index contributed by atoms with van der Waals surface area (Å²) in [6.45, 7) is 4.45. The molecule has 3 nitrogen and oxygen atoms in total. The van der Waals surface area contributed by atoms with Gasteiger partial charge in [0.2, 0.25) is 5.95 Å². The van der Waals surface area contributed by atoms with Crippen LogP contribution < -0.4 is 0 Å². The number of hydrogen-bond acceptors (Lipinski definition) is 3. The van der Waals surface area contributed by atoms with E-state index >= 15 is 0 Å². The molecule has 0 atom stereocenters. The molecule has 0 bridgehead atoms. The third kappa shape index (κ3) is 4.45. The summed E-state index contributed by atoms with van der Waals surface area (Å²) >= 11 is 1.84. The van der Waals surface area contributed by atoms with Crippen molar-refractivity contribution in [2.24, 2.45) is 0 Å². The Bertz CT molecular complexity index is 3630. The van der Waals surface area contributed by atoms with Crippen LogP contribution in [0, 0.1) is 13.8 Å². The molecular formula is C52H33N3S. The quantitative estimate of drug-likeness (QED) is 0.169. The van der Waals surface area contributed by atoms with Crippen LogP contribution in [-0.4, -0.2) is 14.5 Å². The third-order valence-corrected chi connectivity index (χ3v) is 13.1. The van der Waals surface area contributed by atoms with Gasteiger partial charge in [0.1, 0.15) is 0 Å². The number of nitrogens with zero attached hydrogens (tertiary/aromatic N) is 3. The zero-order valence-corrected chi connectivity index (χ0v) is 31.7. The van der Waals surface area contributed by atoms with Crippen molar-refractivity contribution in [3.8, 4) is 28.3 Å². The number of hydrogen-bond donors (Lipinski definition) is 0. The lowest BCUT2D eigenvalue weighted by Crippen LogP contribution is -2.04. The van der Waals surface area contributed by atoms with Crippen LogP contribution in [0.25, 0.3) is 114 Å². The number of rotatable bonds is 3. The van der Waals surface area contributed by atoms with E-state index in [1.54, 1.807) is 0 Å². The van der Waals surface area contributed by atoms with E-state index in [-0.39, 0.29) is 0 Å². The Morgan fingerprint density at radius 2 is 1.12 bits per heavy atom. The van der Waals surface area contributed by atoms with Gasteiger partial charge in [0.05, 0.1) is 22.2 Å². The van der Waals surface area contributed by atoms with Crippen molar-refractivity contribution in [3.63, 3.8) is 0 Å². The molecule has 0 spiro atoms. The van der Waals surface area contributed by atoms with Crippen molar-refractivity contribution in [2.45, 2.75) is 13.8 Å². The summed E-state index contributed by atoms with van der Waals surface area (Å²) in [5, 5.41) is 13.1. The molecule has 0 aliphatic heterocycles. The summed E-state index contributed by atoms with van der Waals surface area (Å²) in [6, 6.07) is 59.7. The second-order valence-electron chi connectivity index (χ2n) is 15.0. The van der Waals surface area contributed by atoms with Gasteiger partial charge in [0, 0.05) is 47.3 Å². The predicted octanol–water partition coefficient (Wildman–Crippen LogP) is 14.5. The van der Waals surface area contributed by atoms with E-state index < -0.39 is 0 Å². The zero-order valence-electron chi connectivity index (χ0n) is 30.8. The van der Waals surface area contributed by atoms with Gasteiger partial charge in [-0.3, -0.25) is 4.57 Å². The maximum absolute atomic E-state index is 5.68. The highest BCUT2D eigenvalue weighted by Crippen LogP contribution is 2.43. The van der Waals surface area contributed by atoms with Crippen LogP contribution in [0.3, 0.4) is 0 Å². The Labute approximate surface area is 326 Å². The number of fused-ring (bicyclic) bond motifs is 13. The third-order valence-electron chi connectivity index (χ3n) is 11.9. The first-order chi connectivity index (χ1) is 27.6. The summed E-state index contributed by atoms with van der Waals surface area (Å²) in [6.07, 6.45) is 0. The Morgan fingerprint density at radius 1 is 0.446 bits per heavy atom. The minimum atomic E-state index is 0.668. The number of thiophene rings is 1. The molecule has 0 radical (unpaired) electrons. The molecule has 0 saturated carbocycles. The minimum absolute atomic E-state index is 0.668. The fourth-order valence-electron chi connectivity index (χ4n) is 9.26. The number of benzene rings is 9. The van der Waals surface area contributed by atoms with Crippen molar-refractivity contribution in [3.05, 3.63) is 175 Å². The molecule has 9 aromatic carbocycles. The normalized spacial score (nSPS) is 12.1. The molecule has 3 heterocycles. The average molecular weight is 732 g/mol. The standard InChI is InChI=1S/C52H33N3S/c1-30-13-3-4-14-34(30)35-25-23-32-27-43-38-17-9-11-21-45(38)55(46(43)29-42(32)31(35)2)52-53-50(33-24-26-48-44(28-33)39-18-10-12-22-47(39)56-48)49-40-19-7-5-15-36(40)37-16-6-8-20-41(37)51(49)54-52/h3-29H,1-2H3. The van der Waals surface area contributed by atoms with E-state index in [0.29, 0.717) is 5.95 Å². The maximum Gasteiger partial charge on any atom is 0.235 e. The van der Waals surface area contributed by atoms with Gasteiger partial charge in [-0.1, -0.05) is 127 Å². The lowest BCUT2D eigenvalue weighted by molar-refractivity contribution is 1.02. The van der Waals surface area contributed by atoms with E-state index in [2.05, 4.69) is 182 Å². The van der Waals surface area contributed by atoms with Crippen molar-refractivity contribution in [2.75, 3.05) is 0 Å². The van der Waals surface area contributed by atoms with Gasteiger partial charge in [-0.05, 0) is 99.4 Å². The van der Waals surface area contributed by atoms with Gasteiger partial charge in [-0.25, -0.2) is 9.97 Å². The smallest absolute Gasteiger partial charge is 0.235 e. The van der Waals surface area contributed by atoms with Crippen molar-refractivity contribution in [1.29, 1.82) is 0 Å². The lowest BCUT2D eigenvalue weighted by Gasteiger charge is -2.16. The molecule has 12 aromatic rings. The molecule has 3 aromatic heterocycles. The Kier molecular flexibility index (Phi) is 6.64. The largest absolute Gasteiger partial charge is 0.278 e. The highest BCUT2D eigenvalue weighted by molar-refractivity contribution is 7.25. The number of aryl methyl sites for hydroxylation is 2. The number of aromatic nitrogens is 3. The summed E-state index contributed by atoms with van der Waals surface area (Å²) in [5.74, 6) is 0.668. The van der Waals surface area contributed by atoms with Gasteiger partial charge in [-0.15, -0.1) is 11.3 Å². The van der Waals surface area contributed by atoms with Crippen LogP contribution in [0.2, 0.25) is 0 Å². The SMILES string of the molecule is Cc1ccccc1-c1ccc2cc3c4ccccc4n(-c4nc(-c5ccc6sc7ccccc7c6c5)c5c6ccccc6c6ccccc6c5n4)c3cc2c1C. The molecule has 0 fully saturated rings. The van der Waals surface area contributed by atoms with Crippen LogP contribution in [0.1, 0.15) is 11.1 Å². The Balaban J connectivity index is 1.23. The molecule has 0 N–H and O–H groups in total. The fourth-order valence-corrected chi connectivity index (χ4v) is 10.3. The van der Waals surface area contributed by atoms with Crippen LogP contribution >= 0.6 is 11.3 Å². The highest BCUT2D eigenvalue weighted by atomic mass is 32.1. The van der Waals surface area contributed by atoms with E-state index in [1.807, 2.05) is 11.3 Å². The Morgan fingerprint density at radius 3 is 1.96 bits per heavy atom.